The van der Waals surface area contributed by atoms with E-state index in [1.165, 1.54) is 62.8 Å². The van der Waals surface area contributed by atoms with Crippen LogP contribution in [0.3, 0.4) is 0 Å². The number of aryl methyl sites for hydroxylation is 1. The molecule has 0 aromatic heterocycles. The maximum Gasteiger partial charge on any atom is 0.0509 e. The first kappa shape index (κ1) is 17.7. The number of hydrogen-bond acceptors (Lipinski definition) is 1. The second-order valence-electron chi connectivity index (χ2n) is 5.41. The van der Waals surface area contributed by atoms with E-state index in [0.29, 0.717) is 0 Å². The van der Waals surface area contributed by atoms with Gasteiger partial charge in [-0.3, -0.25) is 0 Å². The van der Waals surface area contributed by atoms with E-state index in [2.05, 4.69) is 44.2 Å². The minimum Gasteiger partial charge on any atom is -0.359 e. The van der Waals surface area contributed by atoms with Crippen molar-refractivity contribution >= 4 is 8.15 Å². The van der Waals surface area contributed by atoms with Crippen LogP contribution in [0.15, 0.2) is 30.3 Å². The van der Waals surface area contributed by atoms with E-state index in [1.54, 1.807) is 0 Å². The van der Waals surface area contributed by atoms with E-state index in [4.69, 9.17) is 4.52 Å². The molecule has 0 atom stereocenters. The van der Waals surface area contributed by atoms with Crippen LogP contribution in [0.25, 0.3) is 0 Å². The predicted octanol–water partition coefficient (Wildman–Crippen LogP) is 6.02. The fraction of sp³-hybridized carbons (Fsp3) is 0.667. The Morgan fingerprint density at radius 2 is 1.50 bits per heavy atom. The fourth-order valence-corrected chi connectivity index (χ4v) is 4.39. The summed E-state index contributed by atoms with van der Waals surface area (Å²) in [6, 6.07) is 10.8. The molecule has 2 heteroatoms. The van der Waals surface area contributed by atoms with E-state index in [1.807, 2.05) is 0 Å². The molecule has 1 aromatic rings. The molecular formula is C18H31OP. The Morgan fingerprint density at radius 3 is 2.10 bits per heavy atom. The van der Waals surface area contributed by atoms with E-state index >= 15 is 0 Å². The predicted molar refractivity (Wildman–Crippen MR) is 91.8 cm³/mol. The molecule has 0 aliphatic rings. The monoisotopic (exact) mass is 294 g/mol. The Hall–Kier alpha value is -0.390. The van der Waals surface area contributed by atoms with Crippen molar-refractivity contribution in [1.29, 1.82) is 0 Å². The van der Waals surface area contributed by atoms with Gasteiger partial charge in [-0.05, 0) is 50.0 Å². The third-order valence-electron chi connectivity index (χ3n) is 3.50. The minimum absolute atomic E-state index is 0.143. The highest BCUT2D eigenvalue weighted by Crippen LogP contribution is 2.39. The maximum absolute atomic E-state index is 6.15. The van der Waals surface area contributed by atoms with Crippen LogP contribution in [0.5, 0.6) is 0 Å². The Labute approximate surface area is 127 Å². The number of hydrogen-bond donors (Lipinski definition) is 0. The molecule has 0 aliphatic carbocycles. The van der Waals surface area contributed by atoms with Crippen LogP contribution in [0.4, 0.5) is 0 Å². The molecule has 0 fully saturated rings. The van der Waals surface area contributed by atoms with E-state index in [0.717, 1.165) is 6.61 Å². The van der Waals surface area contributed by atoms with Gasteiger partial charge in [0.25, 0.3) is 0 Å². The van der Waals surface area contributed by atoms with Gasteiger partial charge in [0.1, 0.15) is 0 Å². The summed E-state index contributed by atoms with van der Waals surface area (Å²) in [6.07, 6.45) is 11.5. The van der Waals surface area contributed by atoms with Crippen molar-refractivity contribution in [3.8, 4) is 0 Å². The molecule has 0 heterocycles. The van der Waals surface area contributed by atoms with Gasteiger partial charge in [0.15, 0.2) is 0 Å². The molecule has 0 unspecified atom stereocenters. The molecular weight excluding hydrogens is 263 g/mol. The van der Waals surface area contributed by atoms with Crippen molar-refractivity contribution in [3.63, 3.8) is 0 Å². The van der Waals surface area contributed by atoms with Crippen LogP contribution in [-0.2, 0) is 10.9 Å². The van der Waals surface area contributed by atoms with Gasteiger partial charge in [0.2, 0.25) is 0 Å². The highest BCUT2D eigenvalue weighted by Gasteiger charge is 2.07. The van der Waals surface area contributed by atoms with Crippen LogP contribution >= 0.6 is 8.15 Å². The van der Waals surface area contributed by atoms with Gasteiger partial charge in [0.05, 0.1) is 6.61 Å². The summed E-state index contributed by atoms with van der Waals surface area (Å²) in [5.74, 6) is 0. The summed E-state index contributed by atoms with van der Waals surface area (Å²) >= 11 is 0. The van der Waals surface area contributed by atoms with Gasteiger partial charge in [-0.15, -0.1) is 0 Å². The van der Waals surface area contributed by atoms with Gasteiger partial charge in [-0.1, -0.05) is 57.0 Å². The molecule has 1 nitrogen and oxygen atoms in total. The molecule has 0 bridgehead atoms. The van der Waals surface area contributed by atoms with Gasteiger partial charge < -0.3 is 4.52 Å². The molecule has 1 aromatic carbocycles. The molecule has 0 aliphatic heterocycles. The smallest absolute Gasteiger partial charge is 0.0509 e. The molecule has 0 saturated carbocycles. The number of benzene rings is 1. The lowest BCUT2D eigenvalue weighted by molar-refractivity contribution is 0.337. The van der Waals surface area contributed by atoms with Crippen LogP contribution in [0.1, 0.15) is 57.9 Å². The molecule has 0 radical (unpaired) electrons. The number of unbranched alkanes of at least 4 members (excludes halogenated alkanes) is 3. The third-order valence-corrected chi connectivity index (χ3v) is 5.68. The molecule has 0 saturated heterocycles. The van der Waals surface area contributed by atoms with E-state index in [9.17, 15) is 0 Å². The highest BCUT2D eigenvalue weighted by atomic mass is 31.1. The van der Waals surface area contributed by atoms with Gasteiger partial charge in [-0.25, -0.2) is 0 Å². The Kier molecular flexibility index (Phi) is 10.9. The first-order chi connectivity index (χ1) is 9.86. The highest BCUT2D eigenvalue weighted by molar-refractivity contribution is 7.52. The zero-order valence-corrected chi connectivity index (χ0v) is 14.2. The van der Waals surface area contributed by atoms with Crippen molar-refractivity contribution in [2.75, 3.05) is 18.9 Å². The number of rotatable bonds is 12. The van der Waals surface area contributed by atoms with Crippen molar-refractivity contribution in [2.24, 2.45) is 0 Å². The summed E-state index contributed by atoms with van der Waals surface area (Å²) in [6.45, 7) is 5.51. The van der Waals surface area contributed by atoms with Crippen LogP contribution in [0.2, 0.25) is 0 Å². The Morgan fingerprint density at radius 1 is 0.850 bits per heavy atom. The quantitative estimate of drug-likeness (QED) is 0.338. The molecule has 0 spiro atoms. The maximum atomic E-state index is 6.15. The largest absolute Gasteiger partial charge is 0.359 e. The molecule has 1 rings (SSSR count). The van der Waals surface area contributed by atoms with Crippen molar-refractivity contribution in [3.05, 3.63) is 35.9 Å². The van der Waals surface area contributed by atoms with E-state index < -0.39 is 0 Å². The average molecular weight is 294 g/mol. The topological polar surface area (TPSA) is 9.23 Å². The third kappa shape index (κ3) is 8.72. The summed E-state index contributed by atoms with van der Waals surface area (Å²) in [5, 5.41) is 0. The van der Waals surface area contributed by atoms with Gasteiger partial charge >= 0.3 is 0 Å². The average Bonchev–Trinajstić information content (AvgIpc) is 2.50. The zero-order chi connectivity index (χ0) is 14.5. The molecule has 0 amide bonds. The first-order valence-corrected chi connectivity index (χ1v) is 9.91. The van der Waals surface area contributed by atoms with Crippen molar-refractivity contribution < 1.29 is 4.52 Å². The summed E-state index contributed by atoms with van der Waals surface area (Å²) < 4.78 is 6.15. The summed E-state index contributed by atoms with van der Waals surface area (Å²) in [7, 11) is -0.143. The second kappa shape index (κ2) is 12.4. The lowest BCUT2D eigenvalue weighted by atomic mass is 10.1. The SMILES string of the molecule is CCCCP(CCCC)OCCCCc1ccccc1. The Bertz CT molecular complexity index is 304. The Balaban J connectivity index is 2.09. The first-order valence-electron chi connectivity index (χ1n) is 8.28. The zero-order valence-electron chi connectivity index (χ0n) is 13.3. The minimum atomic E-state index is -0.143. The molecule has 20 heavy (non-hydrogen) atoms. The summed E-state index contributed by atoms with van der Waals surface area (Å²) in [5.41, 5.74) is 1.45. The standard InChI is InChI=1S/C18H31OP/c1-3-5-16-20(17-6-4-2)19-15-11-10-14-18-12-8-7-9-13-18/h7-9,12-13H,3-6,10-11,14-17H2,1-2H3. The molecule has 0 N–H and O–H groups in total. The van der Waals surface area contributed by atoms with Crippen LogP contribution in [0, 0.1) is 0 Å². The van der Waals surface area contributed by atoms with E-state index in [-0.39, 0.29) is 8.15 Å². The fourth-order valence-electron chi connectivity index (χ4n) is 2.18. The van der Waals surface area contributed by atoms with Crippen LogP contribution in [-0.4, -0.2) is 18.9 Å². The van der Waals surface area contributed by atoms with Crippen LogP contribution < -0.4 is 0 Å². The lowest BCUT2D eigenvalue weighted by Crippen LogP contribution is -1.98. The van der Waals surface area contributed by atoms with Crippen molar-refractivity contribution in [1.82, 2.24) is 0 Å². The van der Waals surface area contributed by atoms with Gasteiger partial charge in [-0.2, -0.15) is 0 Å². The lowest BCUT2D eigenvalue weighted by Gasteiger charge is -2.17. The molecule has 114 valence electrons. The van der Waals surface area contributed by atoms with Crippen molar-refractivity contribution in [2.45, 2.75) is 58.8 Å². The normalized spacial score (nSPS) is 11.2. The second-order valence-corrected chi connectivity index (χ2v) is 7.53. The van der Waals surface area contributed by atoms with Gasteiger partial charge in [0, 0.05) is 8.15 Å². The summed E-state index contributed by atoms with van der Waals surface area (Å²) in [4.78, 5) is 0.